The number of carbonyl (C=O) groups excluding carboxylic acids is 2. The molecule has 1 aliphatic carbocycles. The molecule has 2 fully saturated rings. The van der Waals surface area contributed by atoms with E-state index >= 15 is 0 Å². The van der Waals surface area contributed by atoms with E-state index in [-0.39, 0.29) is 17.6 Å². The van der Waals surface area contributed by atoms with Gasteiger partial charge in [0.2, 0.25) is 5.91 Å². The van der Waals surface area contributed by atoms with Crippen LogP contribution in [0.4, 0.5) is 0 Å². The summed E-state index contributed by atoms with van der Waals surface area (Å²) in [7, 11) is 0. The molecule has 0 aromatic heterocycles. The third-order valence-electron chi connectivity index (χ3n) is 8.68. The van der Waals surface area contributed by atoms with Gasteiger partial charge in [-0.1, -0.05) is 89.9 Å². The lowest BCUT2D eigenvalue weighted by atomic mass is 9.70. The fraction of sp³-hybridized carbons (Fsp3) is 0.375. The van der Waals surface area contributed by atoms with Crippen LogP contribution in [0.2, 0.25) is 10.0 Å². The molecule has 38 heavy (non-hydrogen) atoms. The van der Waals surface area contributed by atoms with E-state index in [9.17, 15) is 9.59 Å². The molecular formula is C32H34Cl2N2O2. The van der Waals surface area contributed by atoms with Gasteiger partial charge in [-0.2, -0.15) is 0 Å². The van der Waals surface area contributed by atoms with Crippen molar-refractivity contribution in [1.82, 2.24) is 10.2 Å². The molecule has 1 amide bonds. The highest BCUT2D eigenvalue weighted by Crippen LogP contribution is 2.56. The van der Waals surface area contributed by atoms with Crippen LogP contribution < -0.4 is 5.32 Å². The predicted octanol–water partition coefficient (Wildman–Crippen LogP) is 6.23. The Kier molecular flexibility index (Phi) is 7.95. The van der Waals surface area contributed by atoms with E-state index in [4.69, 9.17) is 23.2 Å². The summed E-state index contributed by atoms with van der Waals surface area (Å²) in [4.78, 5) is 28.9. The summed E-state index contributed by atoms with van der Waals surface area (Å²) in [6.45, 7) is 4.78. The lowest BCUT2D eigenvalue weighted by Gasteiger charge is -2.41. The van der Waals surface area contributed by atoms with Gasteiger partial charge in [0.15, 0.2) is 0 Å². The molecule has 1 aliphatic heterocycles. The first kappa shape index (κ1) is 26.9. The molecule has 1 heterocycles. The van der Waals surface area contributed by atoms with Crippen LogP contribution in [0.3, 0.4) is 0 Å². The minimum atomic E-state index is -0.612. The van der Waals surface area contributed by atoms with Crippen molar-refractivity contribution in [2.24, 2.45) is 5.92 Å². The molecule has 198 valence electrons. The SMILES string of the molecule is CC(=O)C1(c2ccccc2)CCN(C[C@@H]2C[C@@]2(C(=O)NCCc2ccccc2)c2ccc(Cl)c(Cl)c2)CC1. The van der Waals surface area contributed by atoms with Gasteiger partial charge >= 0.3 is 0 Å². The average molecular weight is 550 g/mol. The van der Waals surface area contributed by atoms with E-state index in [1.54, 1.807) is 13.0 Å². The van der Waals surface area contributed by atoms with Crippen molar-refractivity contribution < 1.29 is 9.59 Å². The zero-order valence-electron chi connectivity index (χ0n) is 21.8. The fourth-order valence-electron chi connectivity index (χ4n) is 6.24. The summed E-state index contributed by atoms with van der Waals surface area (Å²) < 4.78 is 0. The molecule has 6 heteroatoms. The van der Waals surface area contributed by atoms with E-state index in [0.717, 1.165) is 56.4 Å². The van der Waals surface area contributed by atoms with Crippen molar-refractivity contribution in [3.8, 4) is 0 Å². The molecule has 2 atom stereocenters. The lowest BCUT2D eigenvalue weighted by molar-refractivity contribution is -0.124. The third-order valence-corrected chi connectivity index (χ3v) is 9.41. The minimum absolute atomic E-state index is 0.0520. The van der Waals surface area contributed by atoms with Crippen LogP contribution in [-0.2, 0) is 26.8 Å². The normalized spacial score (nSPS) is 22.6. The van der Waals surface area contributed by atoms with E-state index in [0.29, 0.717) is 16.6 Å². The molecular weight excluding hydrogens is 515 g/mol. The number of ketones is 1. The Morgan fingerprint density at radius 2 is 1.55 bits per heavy atom. The Balaban J connectivity index is 1.28. The van der Waals surface area contributed by atoms with Gasteiger partial charge in [0.05, 0.1) is 20.9 Å². The maximum Gasteiger partial charge on any atom is 0.231 e. The predicted molar refractivity (Wildman–Crippen MR) is 154 cm³/mol. The highest BCUT2D eigenvalue weighted by Gasteiger charge is 2.61. The van der Waals surface area contributed by atoms with Crippen molar-refractivity contribution in [3.63, 3.8) is 0 Å². The molecule has 5 rings (SSSR count). The standard InChI is InChI=1S/C32H34Cl2N2O2/c1-23(37)31(25-10-6-3-7-11-25)15-18-36(19-16-31)22-27-21-32(27,26-12-13-28(33)29(34)20-26)30(38)35-17-14-24-8-4-2-5-9-24/h2-13,20,27H,14-19,21-22H2,1H3,(H,35,38)/t27-,32+/m0/s1. The zero-order valence-corrected chi connectivity index (χ0v) is 23.3. The van der Waals surface area contributed by atoms with Crippen LogP contribution in [0.15, 0.2) is 78.9 Å². The number of Topliss-reactive ketones (excluding diaryl/α,β-unsaturated/α-hetero) is 1. The van der Waals surface area contributed by atoms with Crippen LogP contribution in [-0.4, -0.2) is 42.8 Å². The Hall–Kier alpha value is -2.66. The summed E-state index contributed by atoms with van der Waals surface area (Å²) in [5.41, 5.74) is 2.20. The van der Waals surface area contributed by atoms with Crippen molar-refractivity contribution in [2.45, 2.75) is 43.4 Å². The van der Waals surface area contributed by atoms with E-state index in [1.165, 1.54) is 5.56 Å². The zero-order chi connectivity index (χ0) is 26.8. The highest BCUT2D eigenvalue weighted by atomic mass is 35.5. The second-order valence-corrected chi connectivity index (χ2v) is 11.6. The Bertz CT molecular complexity index is 1290. The number of halogens is 2. The fourth-order valence-corrected chi connectivity index (χ4v) is 6.54. The number of piperidine rings is 1. The van der Waals surface area contributed by atoms with Crippen molar-refractivity contribution in [2.75, 3.05) is 26.2 Å². The van der Waals surface area contributed by atoms with Gasteiger partial charge in [-0.25, -0.2) is 0 Å². The molecule has 1 saturated carbocycles. The minimum Gasteiger partial charge on any atom is -0.355 e. The van der Waals surface area contributed by atoms with E-state index in [2.05, 4.69) is 34.5 Å². The van der Waals surface area contributed by atoms with Gasteiger partial charge in [0.1, 0.15) is 5.78 Å². The number of likely N-dealkylation sites (tertiary alicyclic amines) is 1. The first-order valence-corrected chi connectivity index (χ1v) is 14.2. The van der Waals surface area contributed by atoms with Crippen LogP contribution in [0, 0.1) is 5.92 Å². The van der Waals surface area contributed by atoms with Gasteiger partial charge in [-0.15, -0.1) is 0 Å². The van der Waals surface area contributed by atoms with Gasteiger partial charge in [0, 0.05) is 13.1 Å². The number of carbonyl (C=O) groups is 2. The van der Waals surface area contributed by atoms with Crippen molar-refractivity contribution >= 4 is 34.9 Å². The van der Waals surface area contributed by atoms with Gasteiger partial charge < -0.3 is 10.2 Å². The van der Waals surface area contributed by atoms with Crippen molar-refractivity contribution in [3.05, 3.63) is 106 Å². The summed E-state index contributed by atoms with van der Waals surface area (Å²) in [5, 5.41) is 4.17. The average Bonchev–Trinajstić information content (AvgIpc) is 3.66. The first-order chi connectivity index (χ1) is 18.3. The Morgan fingerprint density at radius 3 is 2.18 bits per heavy atom. The quantitative estimate of drug-likeness (QED) is 0.344. The number of benzene rings is 3. The second kappa shape index (κ2) is 11.2. The number of nitrogens with zero attached hydrogens (tertiary/aromatic N) is 1. The van der Waals surface area contributed by atoms with Gasteiger partial charge in [0.25, 0.3) is 0 Å². The third kappa shape index (κ3) is 5.27. The van der Waals surface area contributed by atoms with Crippen molar-refractivity contribution in [1.29, 1.82) is 0 Å². The molecule has 4 nitrogen and oxygen atoms in total. The van der Waals surface area contributed by atoms with Gasteiger partial charge in [-0.05, 0) is 80.4 Å². The molecule has 3 aromatic rings. The molecule has 2 aliphatic rings. The molecule has 1 N–H and O–H groups in total. The van der Waals surface area contributed by atoms with Crippen LogP contribution in [0.5, 0.6) is 0 Å². The van der Waals surface area contributed by atoms with Crippen LogP contribution in [0.1, 0.15) is 42.9 Å². The summed E-state index contributed by atoms with van der Waals surface area (Å²) in [5.74, 6) is 0.465. The molecule has 1 saturated heterocycles. The molecule has 0 unspecified atom stereocenters. The van der Waals surface area contributed by atoms with Crippen LogP contribution in [0.25, 0.3) is 0 Å². The summed E-state index contributed by atoms with van der Waals surface area (Å²) >= 11 is 12.6. The first-order valence-electron chi connectivity index (χ1n) is 13.4. The number of amides is 1. The van der Waals surface area contributed by atoms with E-state index < -0.39 is 10.8 Å². The molecule has 0 spiro atoms. The largest absolute Gasteiger partial charge is 0.355 e. The number of hydrogen-bond donors (Lipinski definition) is 1. The number of rotatable bonds is 9. The number of nitrogens with one attached hydrogen (secondary N) is 1. The van der Waals surface area contributed by atoms with E-state index in [1.807, 2.05) is 48.5 Å². The molecule has 0 bridgehead atoms. The molecule has 3 aromatic carbocycles. The summed E-state index contributed by atoms with van der Waals surface area (Å²) in [6.07, 6.45) is 3.15. The monoisotopic (exact) mass is 548 g/mol. The Morgan fingerprint density at radius 1 is 0.895 bits per heavy atom. The Labute approximate surface area is 235 Å². The lowest BCUT2D eigenvalue weighted by Crippen LogP contribution is -2.47. The number of hydrogen-bond acceptors (Lipinski definition) is 3. The van der Waals surface area contributed by atoms with Gasteiger partial charge in [-0.3, -0.25) is 9.59 Å². The maximum atomic E-state index is 13.7. The molecule has 0 radical (unpaired) electrons. The smallest absolute Gasteiger partial charge is 0.231 e. The topological polar surface area (TPSA) is 49.4 Å². The summed E-state index contributed by atoms with van der Waals surface area (Å²) in [6, 6.07) is 25.9. The van der Waals surface area contributed by atoms with Crippen LogP contribution >= 0.6 is 23.2 Å². The maximum absolute atomic E-state index is 13.7. The second-order valence-electron chi connectivity index (χ2n) is 10.8. The highest BCUT2D eigenvalue weighted by molar-refractivity contribution is 6.42.